The minimum Gasteiger partial charge on any atom is -0.481 e. The van der Waals surface area contributed by atoms with Gasteiger partial charge in [-0.05, 0) is 57.4 Å². The van der Waals surface area contributed by atoms with E-state index < -0.39 is 6.10 Å². The van der Waals surface area contributed by atoms with Crippen LogP contribution in [0.1, 0.15) is 32.3 Å². The lowest BCUT2D eigenvalue weighted by Crippen LogP contribution is -2.45. The van der Waals surface area contributed by atoms with Crippen molar-refractivity contribution in [1.82, 2.24) is 4.90 Å². The van der Waals surface area contributed by atoms with E-state index in [1.807, 2.05) is 13.0 Å². The number of hydrogen-bond donors (Lipinski definition) is 0. The highest BCUT2D eigenvalue weighted by Crippen LogP contribution is 2.23. The van der Waals surface area contributed by atoms with E-state index >= 15 is 0 Å². The Labute approximate surface area is 147 Å². The monoisotopic (exact) mass is 353 g/mol. The Bertz CT molecular complexity index is 597. The molecule has 0 saturated carbocycles. The molecule has 1 atom stereocenters. The van der Waals surface area contributed by atoms with Crippen LogP contribution in [-0.2, 0) is 14.3 Å². The second-order valence-corrected chi connectivity index (χ2v) is 6.43. The highest BCUT2D eigenvalue weighted by atomic mass is 35.5. The Balaban J connectivity index is 1.87. The van der Waals surface area contributed by atoms with Gasteiger partial charge < -0.3 is 14.4 Å². The smallest absolute Gasteiger partial charge is 0.309 e. The lowest BCUT2D eigenvalue weighted by Gasteiger charge is -2.32. The number of piperidine rings is 1. The zero-order valence-corrected chi connectivity index (χ0v) is 15.1. The number of carbonyl (C=O) groups is 2. The van der Waals surface area contributed by atoms with E-state index in [-0.39, 0.29) is 17.8 Å². The molecule has 0 aliphatic carbocycles. The molecular formula is C18H24ClNO4. The predicted octanol–water partition coefficient (Wildman–Crippen LogP) is 3.22. The summed E-state index contributed by atoms with van der Waals surface area (Å²) < 4.78 is 10.8. The molecular weight excluding hydrogens is 330 g/mol. The molecule has 1 saturated heterocycles. The first-order valence-corrected chi connectivity index (χ1v) is 8.68. The number of amides is 1. The number of nitrogens with zero attached hydrogens (tertiary/aromatic N) is 1. The summed E-state index contributed by atoms with van der Waals surface area (Å²) in [6.45, 7) is 6.92. The van der Waals surface area contributed by atoms with Crippen molar-refractivity contribution in [3.63, 3.8) is 0 Å². The number of esters is 1. The summed E-state index contributed by atoms with van der Waals surface area (Å²) in [6.07, 6.45) is 0.694. The third-order valence-corrected chi connectivity index (χ3v) is 4.64. The van der Waals surface area contributed by atoms with Crippen LogP contribution in [0.2, 0.25) is 5.02 Å². The standard InChI is InChI=1S/C18H24ClNO4/c1-4-23-18(22)14-7-9-20(10-8-14)17(21)13(3)24-15-5-6-16(19)12(2)11-15/h5-6,11,13-14H,4,7-10H2,1-3H3. The van der Waals surface area contributed by atoms with Gasteiger partial charge in [-0.2, -0.15) is 0 Å². The summed E-state index contributed by atoms with van der Waals surface area (Å²) in [6, 6.07) is 5.33. The average Bonchev–Trinajstić information content (AvgIpc) is 2.58. The van der Waals surface area contributed by atoms with Crippen molar-refractivity contribution in [2.75, 3.05) is 19.7 Å². The molecule has 1 aromatic rings. The second-order valence-electron chi connectivity index (χ2n) is 6.02. The fraction of sp³-hybridized carbons (Fsp3) is 0.556. The maximum Gasteiger partial charge on any atom is 0.309 e. The zero-order chi connectivity index (χ0) is 17.7. The number of rotatable bonds is 5. The highest BCUT2D eigenvalue weighted by molar-refractivity contribution is 6.31. The van der Waals surface area contributed by atoms with Gasteiger partial charge in [0, 0.05) is 18.1 Å². The maximum atomic E-state index is 12.5. The Hall–Kier alpha value is -1.75. The molecule has 1 amide bonds. The van der Waals surface area contributed by atoms with E-state index in [1.165, 1.54) is 0 Å². The van der Waals surface area contributed by atoms with Gasteiger partial charge in [0.1, 0.15) is 5.75 Å². The first-order chi connectivity index (χ1) is 11.4. The van der Waals surface area contributed by atoms with E-state index in [9.17, 15) is 9.59 Å². The van der Waals surface area contributed by atoms with Crippen LogP contribution in [0.4, 0.5) is 0 Å². The van der Waals surface area contributed by atoms with Crippen molar-refractivity contribution < 1.29 is 19.1 Å². The molecule has 1 aliphatic rings. The van der Waals surface area contributed by atoms with Crippen LogP contribution in [0, 0.1) is 12.8 Å². The molecule has 1 heterocycles. The molecule has 2 rings (SSSR count). The van der Waals surface area contributed by atoms with Gasteiger partial charge in [-0.3, -0.25) is 9.59 Å². The molecule has 0 spiro atoms. The molecule has 0 aromatic heterocycles. The van der Waals surface area contributed by atoms with Gasteiger partial charge in [0.2, 0.25) is 0 Å². The third kappa shape index (κ3) is 4.63. The van der Waals surface area contributed by atoms with Crippen LogP contribution < -0.4 is 4.74 Å². The second kappa shape index (κ2) is 8.38. The molecule has 132 valence electrons. The van der Waals surface area contributed by atoms with Crippen LogP contribution in [0.5, 0.6) is 5.75 Å². The van der Waals surface area contributed by atoms with Gasteiger partial charge in [-0.1, -0.05) is 11.6 Å². The summed E-state index contributed by atoms with van der Waals surface area (Å²) in [5, 5.41) is 0.669. The van der Waals surface area contributed by atoms with E-state index in [4.69, 9.17) is 21.1 Å². The van der Waals surface area contributed by atoms with Crippen LogP contribution >= 0.6 is 11.6 Å². The van der Waals surface area contributed by atoms with E-state index in [0.29, 0.717) is 43.3 Å². The predicted molar refractivity (Wildman–Crippen MR) is 92.2 cm³/mol. The Morgan fingerprint density at radius 2 is 2.00 bits per heavy atom. The van der Waals surface area contributed by atoms with Crippen molar-refractivity contribution in [3.05, 3.63) is 28.8 Å². The molecule has 24 heavy (non-hydrogen) atoms. The Morgan fingerprint density at radius 3 is 2.58 bits per heavy atom. The first-order valence-electron chi connectivity index (χ1n) is 8.30. The lowest BCUT2D eigenvalue weighted by atomic mass is 9.97. The summed E-state index contributed by atoms with van der Waals surface area (Å²) in [5.41, 5.74) is 0.907. The van der Waals surface area contributed by atoms with E-state index in [1.54, 1.807) is 30.9 Å². The number of likely N-dealkylation sites (tertiary alicyclic amines) is 1. The van der Waals surface area contributed by atoms with Crippen LogP contribution in [-0.4, -0.2) is 42.6 Å². The Morgan fingerprint density at radius 1 is 1.33 bits per heavy atom. The number of benzene rings is 1. The number of hydrogen-bond acceptors (Lipinski definition) is 4. The zero-order valence-electron chi connectivity index (χ0n) is 14.4. The van der Waals surface area contributed by atoms with Crippen molar-refractivity contribution >= 4 is 23.5 Å². The summed E-state index contributed by atoms with van der Waals surface area (Å²) >= 11 is 5.99. The molecule has 1 unspecified atom stereocenters. The fourth-order valence-corrected chi connectivity index (χ4v) is 2.92. The van der Waals surface area contributed by atoms with Crippen LogP contribution in [0.15, 0.2) is 18.2 Å². The largest absolute Gasteiger partial charge is 0.481 e. The van der Waals surface area contributed by atoms with Crippen molar-refractivity contribution in [1.29, 1.82) is 0 Å². The molecule has 5 nitrogen and oxygen atoms in total. The minimum absolute atomic E-state index is 0.0649. The number of ether oxygens (including phenoxy) is 2. The minimum atomic E-state index is -0.579. The molecule has 1 aliphatic heterocycles. The van der Waals surface area contributed by atoms with Gasteiger partial charge in [0.15, 0.2) is 6.10 Å². The Kier molecular flexibility index (Phi) is 6.49. The van der Waals surface area contributed by atoms with Gasteiger partial charge in [0.05, 0.1) is 12.5 Å². The van der Waals surface area contributed by atoms with Gasteiger partial charge in [-0.25, -0.2) is 0 Å². The van der Waals surface area contributed by atoms with Crippen LogP contribution in [0.25, 0.3) is 0 Å². The summed E-state index contributed by atoms with van der Waals surface area (Å²) in [5.74, 6) is 0.291. The fourth-order valence-electron chi connectivity index (χ4n) is 2.80. The van der Waals surface area contributed by atoms with Crippen molar-refractivity contribution in [3.8, 4) is 5.75 Å². The average molecular weight is 354 g/mol. The van der Waals surface area contributed by atoms with Gasteiger partial charge in [-0.15, -0.1) is 0 Å². The third-order valence-electron chi connectivity index (χ3n) is 4.22. The SMILES string of the molecule is CCOC(=O)C1CCN(C(=O)C(C)Oc2ccc(Cl)c(C)c2)CC1. The molecule has 1 aromatic carbocycles. The number of carbonyl (C=O) groups excluding carboxylic acids is 2. The molecule has 6 heteroatoms. The lowest BCUT2D eigenvalue weighted by molar-refractivity contribution is -0.152. The van der Waals surface area contributed by atoms with Crippen LogP contribution in [0.3, 0.4) is 0 Å². The van der Waals surface area contributed by atoms with Gasteiger partial charge >= 0.3 is 5.97 Å². The highest BCUT2D eigenvalue weighted by Gasteiger charge is 2.30. The molecule has 0 radical (unpaired) electrons. The summed E-state index contributed by atoms with van der Waals surface area (Å²) in [4.78, 5) is 26.0. The number of halogens is 1. The van der Waals surface area contributed by atoms with E-state index in [0.717, 1.165) is 5.56 Å². The molecule has 0 N–H and O–H groups in total. The quantitative estimate of drug-likeness (QED) is 0.763. The van der Waals surface area contributed by atoms with Gasteiger partial charge in [0.25, 0.3) is 5.91 Å². The topological polar surface area (TPSA) is 55.8 Å². The van der Waals surface area contributed by atoms with Crippen molar-refractivity contribution in [2.45, 2.75) is 39.7 Å². The van der Waals surface area contributed by atoms with E-state index in [2.05, 4.69) is 0 Å². The van der Waals surface area contributed by atoms with Crippen molar-refractivity contribution in [2.24, 2.45) is 5.92 Å². The number of aryl methyl sites for hydroxylation is 1. The maximum absolute atomic E-state index is 12.5. The molecule has 1 fully saturated rings. The first kappa shape index (κ1) is 18.6. The molecule has 0 bridgehead atoms. The summed E-state index contributed by atoms with van der Waals surface area (Å²) in [7, 11) is 0. The normalized spacial score (nSPS) is 16.6.